The van der Waals surface area contributed by atoms with Crippen LogP contribution in [0.15, 0.2) is 18.2 Å². The summed E-state index contributed by atoms with van der Waals surface area (Å²) < 4.78 is 13.3. The lowest BCUT2D eigenvalue weighted by Crippen LogP contribution is -2.51. The van der Waals surface area contributed by atoms with Gasteiger partial charge in [0.25, 0.3) is 5.91 Å². The molecule has 17 heavy (non-hydrogen) atoms. The summed E-state index contributed by atoms with van der Waals surface area (Å²) in [6, 6.07) is 4.43. The van der Waals surface area contributed by atoms with E-state index in [2.05, 4.69) is 5.32 Å². The van der Waals surface area contributed by atoms with Gasteiger partial charge in [0.15, 0.2) is 0 Å². The summed E-state index contributed by atoms with van der Waals surface area (Å²) in [4.78, 5) is 13.8. The number of benzene rings is 1. The van der Waals surface area contributed by atoms with Crippen molar-refractivity contribution in [1.82, 2.24) is 10.2 Å². The van der Waals surface area contributed by atoms with Crippen LogP contribution in [0.3, 0.4) is 0 Å². The highest BCUT2D eigenvalue weighted by atomic mass is 35.5. The van der Waals surface area contributed by atoms with Crippen LogP contribution in [0.5, 0.6) is 0 Å². The molecule has 1 aromatic rings. The Labute approximate surface area is 105 Å². The number of nitrogens with one attached hydrogen (secondary N) is 1. The standard InChI is InChI=1S/C12H14ClFN2O/c1-8-7-16(5-4-15-8)12(17)9-2-3-10(13)11(14)6-9/h2-3,6,8,15H,4-5,7H2,1H3/t8-/m0/s1. The summed E-state index contributed by atoms with van der Waals surface area (Å²) >= 11 is 5.58. The molecule has 0 saturated carbocycles. The Bertz CT molecular complexity index is 439. The average molecular weight is 257 g/mol. The summed E-state index contributed by atoms with van der Waals surface area (Å²) in [6.07, 6.45) is 0. The Morgan fingerprint density at radius 3 is 3.00 bits per heavy atom. The predicted molar refractivity (Wildman–Crippen MR) is 64.8 cm³/mol. The van der Waals surface area contributed by atoms with E-state index in [0.29, 0.717) is 18.7 Å². The van der Waals surface area contributed by atoms with Crippen LogP contribution < -0.4 is 5.32 Å². The minimum Gasteiger partial charge on any atom is -0.336 e. The molecule has 5 heteroatoms. The maximum Gasteiger partial charge on any atom is 0.254 e. The van der Waals surface area contributed by atoms with Crippen LogP contribution >= 0.6 is 11.6 Å². The molecule has 1 atom stereocenters. The molecule has 1 amide bonds. The second-order valence-electron chi connectivity index (χ2n) is 4.24. The number of carbonyl (C=O) groups is 1. The molecular weight excluding hydrogens is 243 g/mol. The summed E-state index contributed by atoms with van der Waals surface area (Å²) in [6.45, 7) is 4.07. The number of nitrogens with zero attached hydrogens (tertiary/aromatic N) is 1. The van der Waals surface area contributed by atoms with Crippen LogP contribution in [0.4, 0.5) is 4.39 Å². The van der Waals surface area contributed by atoms with E-state index in [9.17, 15) is 9.18 Å². The first-order chi connectivity index (χ1) is 8.08. The lowest BCUT2D eigenvalue weighted by atomic mass is 10.1. The average Bonchev–Trinajstić information content (AvgIpc) is 2.32. The van der Waals surface area contributed by atoms with Crippen LogP contribution in [-0.4, -0.2) is 36.5 Å². The highest BCUT2D eigenvalue weighted by molar-refractivity contribution is 6.30. The van der Waals surface area contributed by atoms with Crippen LogP contribution in [0, 0.1) is 5.82 Å². The number of amides is 1. The van der Waals surface area contributed by atoms with E-state index in [0.717, 1.165) is 6.54 Å². The zero-order valence-electron chi connectivity index (χ0n) is 9.54. The largest absolute Gasteiger partial charge is 0.336 e. The molecule has 92 valence electrons. The van der Waals surface area contributed by atoms with Crippen LogP contribution in [0.2, 0.25) is 5.02 Å². The van der Waals surface area contributed by atoms with Gasteiger partial charge in [-0.05, 0) is 25.1 Å². The molecule has 1 saturated heterocycles. The molecule has 1 aliphatic heterocycles. The van der Waals surface area contributed by atoms with Gasteiger partial charge < -0.3 is 10.2 Å². The molecule has 1 aliphatic rings. The SMILES string of the molecule is C[C@H]1CN(C(=O)c2ccc(Cl)c(F)c2)CCN1. The fourth-order valence-corrected chi connectivity index (χ4v) is 2.05. The Balaban J connectivity index is 2.15. The number of rotatable bonds is 1. The van der Waals surface area contributed by atoms with Crippen molar-refractivity contribution < 1.29 is 9.18 Å². The highest BCUT2D eigenvalue weighted by Gasteiger charge is 2.22. The number of carbonyl (C=O) groups excluding carboxylic acids is 1. The van der Waals surface area contributed by atoms with Gasteiger partial charge in [0.2, 0.25) is 0 Å². The molecule has 0 radical (unpaired) electrons. The number of hydrogen-bond donors (Lipinski definition) is 1. The monoisotopic (exact) mass is 256 g/mol. The van der Waals surface area contributed by atoms with Gasteiger partial charge in [-0.3, -0.25) is 4.79 Å². The number of hydrogen-bond acceptors (Lipinski definition) is 2. The van der Waals surface area contributed by atoms with Crippen LogP contribution in [-0.2, 0) is 0 Å². The van der Waals surface area contributed by atoms with E-state index in [4.69, 9.17) is 11.6 Å². The summed E-state index contributed by atoms with van der Waals surface area (Å²) in [5.41, 5.74) is 0.348. The Morgan fingerprint density at radius 1 is 1.59 bits per heavy atom. The topological polar surface area (TPSA) is 32.3 Å². The van der Waals surface area contributed by atoms with Gasteiger partial charge in [0.05, 0.1) is 5.02 Å². The first kappa shape index (κ1) is 12.3. The summed E-state index contributed by atoms with van der Waals surface area (Å²) in [7, 11) is 0. The lowest BCUT2D eigenvalue weighted by Gasteiger charge is -2.32. The third-order valence-corrected chi connectivity index (χ3v) is 3.13. The number of piperazine rings is 1. The zero-order valence-corrected chi connectivity index (χ0v) is 10.3. The van der Waals surface area contributed by atoms with E-state index >= 15 is 0 Å². The van der Waals surface area contributed by atoms with Crippen molar-refractivity contribution in [2.75, 3.05) is 19.6 Å². The van der Waals surface area contributed by atoms with Gasteiger partial charge in [-0.2, -0.15) is 0 Å². The third kappa shape index (κ3) is 2.76. The molecule has 0 aromatic heterocycles. The molecule has 1 heterocycles. The van der Waals surface area contributed by atoms with Crippen molar-refractivity contribution in [3.8, 4) is 0 Å². The van der Waals surface area contributed by atoms with Crippen molar-refractivity contribution in [3.63, 3.8) is 0 Å². The van der Waals surface area contributed by atoms with Gasteiger partial charge in [0.1, 0.15) is 5.82 Å². The maximum atomic E-state index is 13.3. The molecule has 1 N–H and O–H groups in total. The Hall–Kier alpha value is -1.13. The third-order valence-electron chi connectivity index (χ3n) is 2.82. The maximum absolute atomic E-state index is 13.3. The minimum absolute atomic E-state index is 0.0372. The summed E-state index contributed by atoms with van der Waals surface area (Å²) in [5.74, 6) is -0.699. The van der Waals surface area contributed by atoms with Crippen LogP contribution in [0.25, 0.3) is 0 Å². The Morgan fingerprint density at radius 2 is 2.35 bits per heavy atom. The van der Waals surface area contributed by atoms with Gasteiger partial charge in [0, 0.05) is 31.2 Å². The molecule has 3 nitrogen and oxygen atoms in total. The fraction of sp³-hybridized carbons (Fsp3) is 0.417. The van der Waals surface area contributed by atoms with Crippen molar-refractivity contribution in [2.24, 2.45) is 0 Å². The number of halogens is 2. The molecule has 0 spiro atoms. The fourth-order valence-electron chi connectivity index (χ4n) is 1.93. The van der Waals surface area contributed by atoms with Gasteiger partial charge >= 0.3 is 0 Å². The zero-order chi connectivity index (χ0) is 12.4. The quantitative estimate of drug-likeness (QED) is 0.833. The van der Waals surface area contributed by atoms with Crippen molar-refractivity contribution in [3.05, 3.63) is 34.6 Å². The molecule has 1 aromatic carbocycles. The molecular formula is C12H14ClFN2O. The van der Waals surface area contributed by atoms with Crippen molar-refractivity contribution >= 4 is 17.5 Å². The van der Waals surface area contributed by atoms with E-state index in [1.165, 1.54) is 12.1 Å². The van der Waals surface area contributed by atoms with E-state index in [-0.39, 0.29) is 17.0 Å². The molecule has 0 bridgehead atoms. The van der Waals surface area contributed by atoms with Gasteiger partial charge in [-0.25, -0.2) is 4.39 Å². The van der Waals surface area contributed by atoms with Crippen LogP contribution in [0.1, 0.15) is 17.3 Å². The predicted octanol–water partition coefficient (Wildman–Crippen LogP) is 1.91. The van der Waals surface area contributed by atoms with E-state index in [1.807, 2.05) is 6.92 Å². The highest BCUT2D eigenvalue weighted by Crippen LogP contribution is 2.17. The van der Waals surface area contributed by atoms with E-state index < -0.39 is 5.82 Å². The molecule has 0 aliphatic carbocycles. The first-order valence-corrected chi connectivity index (χ1v) is 5.93. The smallest absolute Gasteiger partial charge is 0.254 e. The Kier molecular flexibility index (Phi) is 3.64. The second kappa shape index (κ2) is 5.02. The lowest BCUT2D eigenvalue weighted by molar-refractivity contribution is 0.0708. The first-order valence-electron chi connectivity index (χ1n) is 5.55. The van der Waals surface area contributed by atoms with Crippen molar-refractivity contribution in [2.45, 2.75) is 13.0 Å². The second-order valence-corrected chi connectivity index (χ2v) is 4.64. The molecule has 0 unspecified atom stereocenters. The van der Waals surface area contributed by atoms with E-state index in [1.54, 1.807) is 11.0 Å². The minimum atomic E-state index is -0.555. The normalized spacial score (nSPS) is 20.4. The van der Waals surface area contributed by atoms with Crippen molar-refractivity contribution in [1.29, 1.82) is 0 Å². The van der Waals surface area contributed by atoms with Gasteiger partial charge in [-0.1, -0.05) is 11.6 Å². The summed E-state index contributed by atoms with van der Waals surface area (Å²) in [5, 5.41) is 3.29. The molecule has 2 rings (SSSR count). The van der Waals surface area contributed by atoms with Gasteiger partial charge in [-0.15, -0.1) is 0 Å². The molecule has 1 fully saturated rings.